The lowest BCUT2D eigenvalue weighted by atomic mass is 9.78. The third kappa shape index (κ3) is 4.23. The van der Waals surface area contributed by atoms with E-state index in [4.69, 9.17) is 15.1 Å². The molecule has 0 aliphatic heterocycles. The Kier molecular flexibility index (Phi) is 5.01. The number of hydrogen-bond donors (Lipinski definition) is 2. The number of pyridine rings is 1. The van der Waals surface area contributed by atoms with Crippen LogP contribution < -0.4 is 5.73 Å². The van der Waals surface area contributed by atoms with Gasteiger partial charge in [0.1, 0.15) is 12.0 Å². The van der Waals surface area contributed by atoms with E-state index in [-0.39, 0.29) is 11.4 Å². The molecule has 1 unspecified atom stereocenters. The zero-order valence-electron chi connectivity index (χ0n) is 18.9. The summed E-state index contributed by atoms with van der Waals surface area (Å²) >= 11 is 0. The van der Waals surface area contributed by atoms with E-state index in [1.165, 1.54) is 0 Å². The van der Waals surface area contributed by atoms with Gasteiger partial charge in [-0.3, -0.25) is 9.67 Å². The van der Waals surface area contributed by atoms with Crippen LogP contribution in [0.25, 0.3) is 22.5 Å². The van der Waals surface area contributed by atoms with Gasteiger partial charge in [-0.15, -0.1) is 0 Å². The molecular weight excluding hydrogens is 418 g/mol. The van der Waals surface area contributed by atoms with Crippen molar-refractivity contribution < 1.29 is 9.52 Å². The van der Waals surface area contributed by atoms with E-state index in [0.29, 0.717) is 18.4 Å². The molecule has 0 amide bonds. The van der Waals surface area contributed by atoms with Crippen LogP contribution in [0.5, 0.6) is 0 Å². The van der Waals surface area contributed by atoms with Crippen LogP contribution in [0.15, 0.2) is 53.8 Å². The third-order valence-corrected chi connectivity index (χ3v) is 6.15. The second kappa shape index (κ2) is 7.77. The Labute approximate surface area is 191 Å². The maximum absolute atomic E-state index is 10.0. The highest BCUT2D eigenvalue weighted by Crippen LogP contribution is 2.51. The molecule has 33 heavy (non-hydrogen) atoms. The molecule has 0 radical (unpaired) electrons. The quantitative estimate of drug-likeness (QED) is 0.442. The summed E-state index contributed by atoms with van der Waals surface area (Å²) in [6.45, 7) is 6.07. The minimum atomic E-state index is -0.847. The summed E-state index contributed by atoms with van der Waals surface area (Å²) in [5.41, 5.74) is 8.58. The Bertz CT molecular complexity index is 1250. The zero-order valence-corrected chi connectivity index (χ0v) is 18.9. The van der Waals surface area contributed by atoms with Crippen LogP contribution in [0.3, 0.4) is 0 Å². The Hall–Kier alpha value is -3.59. The second-order valence-electron chi connectivity index (χ2n) is 9.52. The summed E-state index contributed by atoms with van der Waals surface area (Å²) in [4.78, 5) is 17.6. The first-order chi connectivity index (χ1) is 15.7. The molecular formula is C24H27N7O2. The SMILES string of the molecule is CC(C)(O)Cn1cc(-c2coc(C(C)(c3ccc(-c4cnc(N)nc4)nc3)C3CC3)n2)cn1. The van der Waals surface area contributed by atoms with Crippen molar-refractivity contribution in [2.75, 3.05) is 5.73 Å². The van der Waals surface area contributed by atoms with Gasteiger partial charge >= 0.3 is 0 Å². The van der Waals surface area contributed by atoms with Crippen molar-refractivity contribution in [2.45, 2.75) is 51.2 Å². The van der Waals surface area contributed by atoms with Crippen molar-refractivity contribution in [1.29, 1.82) is 0 Å². The number of anilines is 1. The maximum Gasteiger partial charge on any atom is 0.219 e. The molecule has 0 bridgehead atoms. The van der Waals surface area contributed by atoms with Crippen molar-refractivity contribution in [3.63, 3.8) is 0 Å². The highest BCUT2D eigenvalue weighted by atomic mass is 16.3. The van der Waals surface area contributed by atoms with E-state index in [0.717, 1.165) is 40.9 Å². The summed E-state index contributed by atoms with van der Waals surface area (Å²) in [5.74, 6) is 1.34. The number of hydrogen-bond acceptors (Lipinski definition) is 8. The van der Waals surface area contributed by atoms with E-state index in [1.807, 2.05) is 18.5 Å². The van der Waals surface area contributed by atoms with Crippen LogP contribution in [0, 0.1) is 5.92 Å². The van der Waals surface area contributed by atoms with E-state index < -0.39 is 5.60 Å². The van der Waals surface area contributed by atoms with Crippen LogP contribution in [-0.4, -0.2) is 40.4 Å². The van der Waals surface area contributed by atoms with Gasteiger partial charge in [-0.1, -0.05) is 6.07 Å². The largest absolute Gasteiger partial charge is 0.447 e. The van der Waals surface area contributed by atoms with Crippen LogP contribution in [-0.2, 0) is 12.0 Å². The first-order valence-corrected chi connectivity index (χ1v) is 11.0. The number of nitrogen functional groups attached to an aromatic ring is 1. The molecule has 4 aromatic rings. The van der Waals surface area contributed by atoms with Gasteiger partial charge in [0.25, 0.3) is 0 Å². The molecule has 1 aliphatic carbocycles. The standard InChI is InChI=1S/C24H27N7O2/c1-23(2,32)14-31-12-16(10-29-31)20-13-33-21(30-20)24(3,17-4-5-17)18-6-7-19(26-11-18)15-8-27-22(25)28-9-15/h6-13,17,32H,4-5,14H2,1-3H3,(H2,25,27,28). The van der Waals surface area contributed by atoms with Gasteiger partial charge in [0.2, 0.25) is 11.8 Å². The highest BCUT2D eigenvalue weighted by Gasteiger charge is 2.47. The van der Waals surface area contributed by atoms with Gasteiger partial charge in [-0.25, -0.2) is 15.0 Å². The monoisotopic (exact) mass is 445 g/mol. The van der Waals surface area contributed by atoms with Gasteiger partial charge in [0.15, 0.2) is 0 Å². The zero-order chi connectivity index (χ0) is 23.2. The van der Waals surface area contributed by atoms with Gasteiger partial charge in [0.05, 0.1) is 29.5 Å². The molecule has 0 saturated heterocycles. The molecule has 1 saturated carbocycles. The van der Waals surface area contributed by atoms with E-state index in [1.54, 1.807) is 43.4 Å². The summed E-state index contributed by atoms with van der Waals surface area (Å²) in [6, 6.07) is 4.04. The fourth-order valence-corrected chi connectivity index (χ4v) is 4.16. The first-order valence-electron chi connectivity index (χ1n) is 11.0. The number of aromatic nitrogens is 6. The molecule has 4 aromatic heterocycles. The highest BCUT2D eigenvalue weighted by molar-refractivity contribution is 5.58. The number of oxazole rings is 1. The van der Waals surface area contributed by atoms with Crippen LogP contribution in [0.4, 0.5) is 5.95 Å². The Morgan fingerprint density at radius 3 is 2.42 bits per heavy atom. The summed E-state index contributed by atoms with van der Waals surface area (Å²) < 4.78 is 7.73. The summed E-state index contributed by atoms with van der Waals surface area (Å²) in [6.07, 6.45) is 12.7. The predicted octanol–water partition coefficient (Wildman–Crippen LogP) is 3.46. The maximum atomic E-state index is 10.0. The first kappa shape index (κ1) is 21.3. The Balaban J connectivity index is 1.43. The lowest BCUT2D eigenvalue weighted by molar-refractivity contribution is 0.0577. The molecule has 3 N–H and O–H groups in total. The number of aliphatic hydroxyl groups is 1. The van der Waals surface area contributed by atoms with Gasteiger partial charge in [-0.2, -0.15) is 5.10 Å². The summed E-state index contributed by atoms with van der Waals surface area (Å²) in [5, 5.41) is 14.4. The molecule has 9 heteroatoms. The molecule has 9 nitrogen and oxygen atoms in total. The Morgan fingerprint density at radius 1 is 1.03 bits per heavy atom. The van der Waals surface area contributed by atoms with Crippen LogP contribution in [0.2, 0.25) is 0 Å². The van der Waals surface area contributed by atoms with Crippen molar-refractivity contribution in [3.05, 3.63) is 60.8 Å². The van der Waals surface area contributed by atoms with Crippen molar-refractivity contribution >= 4 is 5.95 Å². The normalized spacial score (nSPS) is 16.0. The van der Waals surface area contributed by atoms with Crippen molar-refractivity contribution in [3.8, 4) is 22.5 Å². The molecule has 0 spiro atoms. The van der Waals surface area contributed by atoms with Crippen LogP contribution in [0.1, 0.15) is 45.1 Å². The lowest BCUT2D eigenvalue weighted by Gasteiger charge is -2.26. The number of nitrogens with zero attached hydrogens (tertiary/aromatic N) is 6. The van der Waals surface area contributed by atoms with Crippen molar-refractivity contribution in [1.82, 2.24) is 29.7 Å². The molecule has 0 aromatic carbocycles. The molecule has 5 rings (SSSR count). The summed E-state index contributed by atoms with van der Waals surface area (Å²) in [7, 11) is 0. The van der Waals surface area contributed by atoms with E-state index in [2.05, 4.69) is 33.0 Å². The van der Waals surface area contributed by atoms with Gasteiger partial charge in [0, 0.05) is 35.9 Å². The average Bonchev–Trinajstić information content (AvgIpc) is 3.35. The molecule has 4 heterocycles. The number of nitrogens with two attached hydrogens (primary N) is 1. The predicted molar refractivity (Wildman–Crippen MR) is 123 cm³/mol. The van der Waals surface area contributed by atoms with Gasteiger partial charge in [-0.05, 0) is 51.2 Å². The fraction of sp³-hybridized carbons (Fsp3) is 0.375. The minimum Gasteiger partial charge on any atom is -0.447 e. The fourth-order valence-electron chi connectivity index (χ4n) is 4.16. The molecule has 1 fully saturated rings. The number of rotatable bonds is 7. The van der Waals surface area contributed by atoms with Gasteiger partial charge < -0.3 is 15.3 Å². The average molecular weight is 446 g/mol. The molecule has 1 aliphatic rings. The smallest absolute Gasteiger partial charge is 0.219 e. The van der Waals surface area contributed by atoms with Crippen molar-refractivity contribution in [2.24, 2.45) is 5.92 Å². The topological polar surface area (TPSA) is 129 Å². The van der Waals surface area contributed by atoms with E-state index >= 15 is 0 Å². The third-order valence-electron chi connectivity index (χ3n) is 6.15. The molecule has 170 valence electrons. The Morgan fingerprint density at radius 2 is 1.79 bits per heavy atom. The van der Waals surface area contributed by atoms with E-state index in [9.17, 15) is 5.11 Å². The molecule has 1 atom stereocenters. The minimum absolute atomic E-state index is 0.238. The second-order valence-corrected chi connectivity index (χ2v) is 9.52. The van der Waals surface area contributed by atoms with Crippen LogP contribution >= 0.6 is 0 Å². The lowest BCUT2D eigenvalue weighted by Crippen LogP contribution is -2.27.